The Balaban J connectivity index is 1.84. The third kappa shape index (κ3) is 7.28. The molecule has 0 bridgehead atoms. The molecule has 1 aromatic heterocycles. The van der Waals surface area contributed by atoms with Gasteiger partial charge in [-0.15, -0.1) is 11.3 Å². The maximum atomic E-state index is 5.14. The van der Waals surface area contributed by atoms with Crippen molar-refractivity contribution in [2.24, 2.45) is 10.9 Å². The van der Waals surface area contributed by atoms with E-state index in [1.807, 2.05) is 11.3 Å². The van der Waals surface area contributed by atoms with Gasteiger partial charge in [-0.25, -0.2) is 4.99 Å². The summed E-state index contributed by atoms with van der Waals surface area (Å²) >= 11 is 1.83. The zero-order valence-electron chi connectivity index (χ0n) is 15.4. The van der Waals surface area contributed by atoms with Crippen molar-refractivity contribution in [2.75, 3.05) is 20.2 Å². The number of hydrogen-bond acceptors (Lipinski definition) is 3. The number of benzene rings is 1. The smallest absolute Gasteiger partial charge is 0.191 e. The molecule has 0 spiro atoms. The molecule has 0 fully saturated rings. The zero-order valence-corrected chi connectivity index (χ0v) is 16.2. The van der Waals surface area contributed by atoms with Gasteiger partial charge in [-0.2, -0.15) is 0 Å². The van der Waals surface area contributed by atoms with Crippen LogP contribution in [0.25, 0.3) is 0 Å². The summed E-state index contributed by atoms with van der Waals surface area (Å²) < 4.78 is 5.14. The molecule has 5 heteroatoms. The highest BCUT2D eigenvalue weighted by Crippen LogP contribution is 2.13. The molecule has 2 N–H and O–H groups in total. The van der Waals surface area contributed by atoms with E-state index in [0.717, 1.165) is 25.5 Å². The van der Waals surface area contributed by atoms with E-state index < -0.39 is 0 Å². The van der Waals surface area contributed by atoms with Crippen LogP contribution in [0.2, 0.25) is 0 Å². The molecule has 1 heterocycles. The van der Waals surface area contributed by atoms with Crippen LogP contribution in [0.5, 0.6) is 0 Å². The summed E-state index contributed by atoms with van der Waals surface area (Å²) in [5.41, 5.74) is 2.38. The molecule has 0 saturated carbocycles. The lowest BCUT2D eigenvalue weighted by atomic mass is 10.1. The van der Waals surface area contributed by atoms with E-state index in [4.69, 9.17) is 9.73 Å². The van der Waals surface area contributed by atoms with Crippen LogP contribution in [0, 0.1) is 5.92 Å². The molecule has 0 saturated heterocycles. The predicted octanol–water partition coefficient (Wildman–Crippen LogP) is 3.83. The average molecular weight is 360 g/mol. The molecule has 2 aromatic rings. The third-order valence-electron chi connectivity index (χ3n) is 3.85. The Morgan fingerprint density at radius 3 is 2.56 bits per heavy atom. The maximum absolute atomic E-state index is 5.14. The van der Waals surface area contributed by atoms with Crippen LogP contribution in [0.1, 0.15) is 29.9 Å². The number of nitrogens with zero attached hydrogens (tertiary/aromatic N) is 1. The summed E-state index contributed by atoms with van der Waals surface area (Å²) in [6.45, 7) is 7.45. The van der Waals surface area contributed by atoms with Gasteiger partial charge in [0.05, 0.1) is 13.2 Å². The second-order valence-electron chi connectivity index (χ2n) is 6.21. The first kappa shape index (κ1) is 19.5. The van der Waals surface area contributed by atoms with Gasteiger partial charge in [0.2, 0.25) is 0 Å². The summed E-state index contributed by atoms with van der Waals surface area (Å²) in [4.78, 5) is 6.13. The van der Waals surface area contributed by atoms with Crippen molar-refractivity contribution in [3.05, 3.63) is 57.8 Å². The van der Waals surface area contributed by atoms with Crippen molar-refractivity contribution in [2.45, 2.75) is 33.4 Å². The molecular formula is C20H29N3OS. The van der Waals surface area contributed by atoms with E-state index >= 15 is 0 Å². The van der Waals surface area contributed by atoms with Crippen LogP contribution in [0.15, 0.2) is 46.8 Å². The predicted molar refractivity (Wildman–Crippen MR) is 107 cm³/mol. The van der Waals surface area contributed by atoms with Crippen molar-refractivity contribution in [3.63, 3.8) is 0 Å². The quantitative estimate of drug-likeness (QED) is 0.528. The minimum Gasteiger partial charge on any atom is -0.380 e. The summed E-state index contributed by atoms with van der Waals surface area (Å²) in [7, 11) is 1.71. The van der Waals surface area contributed by atoms with E-state index in [0.29, 0.717) is 19.1 Å². The second kappa shape index (κ2) is 10.9. The minimum absolute atomic E-state index is 0.566. The molecule has 25 heavy (non-hydrogen) atoms. The van der Waals surface area contributed by atoms with Crippen LogP contribution in [-0.4, -0.2) is 26.2 Å². The minimum atomic E-state index is 0.566. The number of hydrogen-bond donors (Lipinski definition) is 2. The first-order chi connectivity index (χ1) is 12.2. The van der Waals surface area contributed by atoms with E-state index in [1.54, 1.807) is 7.11 Å². The Hall–Kier alpha value is -1.85. The van der Waals surface area contributed by atoms with Gasteiger partial charge in [-0.3, -0.25) is 0 Å². The first-order valence-corrected chi connectivity index (χ1v) is 9.70. The highest BCUT2D eigenvalue weighted by Gasteiger charge is 2.06. The molecule has 1 unspecified atom stereocenters. The fourth-order valence-electron chi connectivity index (χ4n) is 2.53. The van der Waals surface area contributed by atoms with E-state index in [9.17, 15) is 0 Å². The number of methoxy groups -OCH3 is 1. The van der Waals surface area contributed by atoms with Crippen molar-refractivity contribution < 1.29 is 4.74 Å². The molecule has 0 aliphatic heterocycles. The molecule has 0 radical (unpaired) electrons. The fourth-order valence-corrected chi connectivity index (χ4v) is 3.40. The molecule has 2 rings (SSSR count). The molecule has 0 aliphatic rings. The molecule has 1 atom stereocenters. The summed E-state index contributed by atoms with van der Waals surface area (Å²) in [6, 6.07) is 12.7. The van der Waals surface area contributed by atoms with E-state index in [1.165, 1.54) is 16.0 Å². The third-order valence-corrected chi connectivity index (χ3v) is 4.74. The van der Waals surface area contributed by atoms with Crippen LogP contribution in [0.3, 0.4) is 0 Å². The Bertz CT molecular complexity index is 623. The van der Waals surface area contributed by atoms with Gasteiger partial charge in [0.25, 0.3) is 0 Å². The van der Waals surface area contributed by atoms with Gasteiger partial charge >= 0.3 is 0 Å². The first-order valence-electron chi connectivity index (χ1n) is 8.82. The molecular weight excluding hydrogens is 330 g/mol. The number of thiophene rings is 1. The Morgan fingerprint density at radius 2 is 1.92 bits per heavy atom. The van der Waals surface area contributed by atoms with E-state index in [2.05, 4.69) is 66.3 Å². The summed E-state index contributed by atoms with van der Waals surface area (Å²) in [6.07, 6.45) is 1.10. The van der Waals surface area contributed by atoms with Gasteiger partial charge in [0.15, 0.2) is 5.96 Å². The van der Waals surface area contributed by atoms with Gasteiger partial charge in [-0.05, 0) is 41.8 Å². The molecule has 4 nitrogen and oxygen atoms in total. The van der Waals surface area contributed by atoms with Crippen LogP contribution in [0.4, 0.5) is 0 Å². The lowest BCUT2D eigenvalue weighted by Gasteiger charge is -2.15. The number of ether oxygens (including phenoxy) is 1. The normalized spacial score (nSPS) is 12.8. The number of rotatable bonds is 9. The lowest BCUT2D eigenvalue weighted by molar-refractivity contribution is 0.185. The number of guanidine groups is 1. The topological polar surface area (TPSA) is 45.7 Å². The highest BCUT2D eigenvalue weighted by molar-refractivity contribution is 7.09. The van der Waals surface area contributed by atoms with Crippen LogP contribution in [-0.2, 0) is 24.3 Å². The molecule has 1 aromatic carbocycles. The van der Waals surface area contributed by atoms with Crippen molar-refractivity contribution >= 4 is 17.3 Å². The van der Waals surface area contributed by atoms with Gasteiger partial charge in [-0.1, -0.05) is 37.3 Å². The molecule has 0 amide bonds. The Labute approximate surface area is 155 Å². The molecule has 136 valence electrons. The fraction of sp³-hybridized carbons (Fsp3) is 0.450. The van der Waals surface area contributed by atoms with Crippen molar-refractivity contribution in [3.8, 4) is 0 Å². The van der Waals surface area contributed by atoms with Crippen molar-refractivity contribution in [1.82, 2.24) is 10.6 Å². The number of nitrogens with one attached hydrogen (secondary N) is 2. The summed E-state index contributed by atoms with van der Waals surface area (Å²) in [5.74, 6) is 1.44. The lowest BCUT2D eigenvalue weighted by Crippen LogP contribution is -2.39. The Kier molecular flexibility index (Phi) is 8.49. The largest absolute Gasteiger partial charge is 0.380 e. The second-order valence-corrected chi connectivity index (χ2v) is 7.25. The zero-order chi connectivity index (χ0) is 17.9. The standard InChI is InChI=1S/C20H29N3OS/c1-4-21-20(22-13-16(2)12-19-6-5-11-25-19)23-14-17-7-9-18(10-8-17)15-24-3/h5-11,16H,4,12-15H2,1-3H3,(H2,21,22,23). The van der Waals surface area contributed by atoms with Gasteiger partial charge in [0.1, 0.15) is 0 Å². The van der Waals surface area contributed by atoms with Gasteiger partial charge < -0.3 is 15.4 Å². The molecule has 0 aliphatic carbocycles. The maximum Gasteiger partial charge on any atom is 0.191 e. The Morgan fingerprint density at radius 1 is 1.16 bits per heavy atom. The summed E-state index contributed by atoms with van der Waals surface area (Å²) in [5, 5.41) is 8.92. The number of aliphatic imine (C=N–C) groups is 1. The monoisotopic (exact) mass is 359 g/mol. The van der Waals surface area contributed by atoms with E-state index in [-0.39, 0.29) is 0 Å². The van der Waals surface area contributed by atoms with Crippen LogP contribution >= 0.6 is 11.3 Å². The van der Waals surface area contributed by atoms with Crippen molar-refractivity contribution in [1.29, 1.82) is 0 Å². The van der Waals surface area contributed by atoms with Crippen LogP contribution < -0.4 is 10.6 Å². The average Bonchev–Trinajstić information content (AvgIpc) is 3.12. The van der Waals surface area contributed by atoms with Gasteiger partial charge in [0, 0.05) is 25.1 Å². The highest BCUT2D eigenvalue weighted by atomic mass is 32.1. The SMILES string of the molecule is CCNC(=NCc1ccc(COC)cc1)NCC(C)Cc1cccs1.